The van der Waals surface area contributed by atoms with E-state index in [9.17, 15) is 0 Å². The van der Waals surface area contributed by atoms with Gasteiger partial charge >= 0.3 is 0 Å². The van der Waals surface area contributed by atoms with Crippen molar-refractivity contribution in [2.75, 3.05) is 6.54 Å². The minimum absolute atomic E-state index is 0.0376. The van der Waals surface area contributed by atoms with Gasteiger partial charge in [0.25, 0.3) is 0 Å². The summed E-state index contributed by atoms with van der Waals surface area (Å²) in [6, 6.07) is 0. The fraction of sp³-hybridized carbons (Fsp3) is 0.917. The summed E-state index contributed by atoms with van der Waals surface area (Å²) in [4.78, 5) is 0. The van der Waals surface area contributed by atoms with Crippen LogP contribution >= 0.6 is 12.2 Å². The van der Waals surface area contributed by atoms with E-state index in [1.807, 2.05) is 0 Å². The van der Waals surface area contributed by atoms with Crippen LogP contribution in [0.25, 0.3) is 0 Å². The summed E-state index contributed by atoms with van der Waals surface area (Å²) in [5, 5.41) is 6.32. The average Bonchev–Trinajstić information content (AvgIpc) is 2.49. The fourth-order valence-electron chi connectivity index (χ4n) is 1.87. The summed E-state index contributed by atoms with van der Waals surface area (Å²) in [6.45, 7) is 9.87. The van der Waals surface area contributed by atoms with E-state index in [-0.39, 0.29) is 5.66 Å². The molecule has 2 N–H and O–H groups in total. The lowest BCUT2D eigenvalue weighted by Crippen LogP contribution is -2.48. The van der Waals surface area contributed by atoms with E-state index in [1.165, 1.54) is 19.3 Å². The highest BCUT2D eigenvalue weighted by atomic mass is 32.1. The fourth-order valence-corrected chi connectivity index (χ4v) is 2.24. The minimum Gasteiger partial charge on any atom is -0.342 e. The standard InChI is InChI=1S/C12H25N3S/c1-5-6-8-12(4)13-11(16)15(14-12)9-7-10(2)3/h10,14H,5-9H2,1-4H3,(H,13,16)/t12-/m1/s1. The Morgan fingerprint density at radius 2 is 2.12 bits per heavy atom. The number of hydrogen-bond donors (Lipinski definition) is 2. The first kappa shape index (κ1) is 13.7. The van der Waals surface area contributed by atoms with E-state index in [4.69, 9.17) is 12.2 Å². The SMILES string of the molecule is CCCC[C@]1(C)NC(=S)N(CCC(C)C)N1. The van der Waals surface area contributed by atoms with Crippen LogP contribution in [0.5, 0.6) is 0 Å². The summed E-state index contributed by atoms with van der Waals surface area (Å²) in [5.41, 5.74) is 3.45. The van der Waals surface area contributed by atoms with Crippen LogP contribution in [0.2, 0.25) is 0 Å². The van der Waals surface area contributed by atoms with Gasteiger partial charge in [0.05, 0.1) is 0 Å². The Morgan fingerprint density at radius 3 is 2.69 bits per heavy atom. The van der Waals surface area contributed by atoms with Crippen LogP contribution in [0.4, 0.5) is 0 Å². The molecule has 0 unspecified atom stereocenters. The van der Waals surface area contributed by atoms with Crippen LogP contribution in [0.15, 0.2) is 0 Å². The van der Waals surface area contributed by atoms with Gasteiger partial charge in [0.1, 0.15) is 5.66 Å². The average molecular weight is 243 g/mol. The summed E-state index contributed by atoms with van der Waals surface area (Å²) in [7, 11) is 0. The molecule has 0 aromatic heterocycles. The van der Waals surface area contributed by atoms with Crippen molar-refractivity contribution in [3.8, 4) is 0 Å². The molecule has 0 bridgehead atoms. The second-order valence-electron chi connectivity index (χ2n) is 5.31. The number of hydrogen-bond acceptors (Lipinski definition) is 2. The van der Waals surface area contributed by atoms with Gasteiger partial charge < -0.3 is 5.32 Å². The quantitative estimate of drug-likeness (QED) is 0.701. The Kier molecular flexibility index (Phi) is 4.99. The molecule has 1 saturated heterocycles. The lowest BCUT2D eigenvalue weighted by molar-refractivity contribution is 0.211. The zero-order valence-corrected chi connectivity index (χ0v) is 11.8. The molecule has 16 heavy (non-hydrogen) atoms. The van der Waals surface area contributed by atoms with Crippen LogP contribution in [-0.4, -0.2) is 22.3 Å². The lowest BCUT2D eigenvalue weighted by atomic mass is 10.1. The van der Waals surface area contributed by atoms with Crippen LogP contribution < -0.4 is 10.7 Å². The maximum atomic E-state index is 5.34. The Morgan fingerprint density at radius 1 is 1.44 bits per heavy atom. The largest absolute Gasteiger partial charge is 0.342 e. The summed E-state index contributed by atoms with van der Waals surface area (Å²) >= 11 is 5.34. The Labute approximate surface area is 105 Å². The first-order chi connectivity index (χ1) is 7.47. The minimum atomic E-state index is -0.0376. The van der Waals surface area contributed by atoms with Crippen molar-refractivity contribution in [2.45, 2.75) is 59.0 Å². The van der Waals surface area contributed by atoms with Crippen LogP contribution in [0.1, 0.15) is 53.4 Å². The molecule has 0 saturated carbocycles. The number of thiocarbonyl (C=S) groups is 1. The number of unbranched alkanes of at least 4 members (excludes halogenated alkanes) is 1. The molecule has 1 aliphatic heterocycles. The van der Waals surface area contributed by atoms with Gasteiger partial charge in [-0.05, 0) is 44.3 Å². The topological polar surface area (TPSA) is 27.3 Å². The van der Waals surface area contributed by atoms with Crippen molar-refractivity contribution < 1.29 is 0 Å². The predicted molar refractivity (Wildman–Crippen MR) is 73.0 cm³/mol. The van der Waals surface area contributed by atoms with Crippen LogP contribution in [0.3, 0.4) is 0 Å². The highest BCUT2D eigenvalue weighted by Gasteiger charge is 2.34. The first-order valence-corrected chi connectivity index (χ1v) is 6.75. The molecular weight excluding hydrogens is 218 g/mol. The lowest BCUT2D eigenvalue weighted by Gasteiger charge is -2.25. The molecule has 0 spiro atoms. The van der Waals surface area contributed by atoms with Gasteiger partial charge in [0, 0.05) is 6.54 Å². The molecule has 1 fully saturated rings. The summed E-state index contributed by atoms with van der Waals surface area (Å²) in [5.74, 6) is 0.715. The third kappa shape index (κ3) is 3.91. The Hall–Kier alpha value is -0.350. The van der Waals surface area contributed by atoms with E-state index in [2.05, 4.69) is 43.4 Å². The van der Waals surface area contributed by atoms with Crippen LogP contribution in [0, 0.1) is 5.92 Å². The zero-order valence-electron chi connectivity index (χ0n) is 11.0. The van der Waals surface area contributed by atoms with Gasteiger partial charge in [-0.1, -0.05) is 27.2 Å². The molecular formula is C12H25N3S. The summed E-state index contributed by atoms with van der Waals surface area (Å²) < 4.78 is 0. The molecule has 1 rings (SSSR count). The van der Waals surface area contributed by atoms with E-state index >= 15 is 0 Å². The molecule has 1 aliphatic rings. The van der Waals surface area contributed by atoms with Crippen molar-refractivity contribution in [1.29, 1.82) is 0 Å². The van der Waals surface area contributed by atoms with Gasteiger partial charge in [-0.2, -0.15) is 0 Å². The van der Waals surface area contributed by atoms with Crippen molar-refractivity contribution in [3.05, 3.63) is 0 Å². The molecule has 0 aromatic rings. The normalized spacial score (nSPS) is 25.3. The highest BCUT2D eigenvalue weighted by molar-refractivity contribution is 7.80. The second-order valence-corrected chi connectivity index (χ2v) is 5.70. The Balaban J connectivity index is 2.42. The monoisotopic (exact) mass is 243 g/mol. The molecule has 1 atom stereocenters. The molecule has 0 amide bonds. The molecule has 0 radical (unpaired) electrons. The highest BCUT2D eigenvalue weighted by Crippen LogP contribution is 2.17. The van der Waals surface area contributed by atoms with Crippen molar-refractivity contribution in [1.82, 2.24) is 15.8 Å². The van der Waals surface area contributed by atoms with Gasteiger partial charge in [-0.15, -0.1) is 0 Å². The van der Waals surface area contributed by atoms with Crippen LogP contribution in [-0.2, 0) is 0 Å². The number of hydrazine groups is 1. The van der Waals surface area contributed by atoms with Crippen molar-refractivity contribution in [2.24, 2.45) is 5.92 Å². The molecule has 0 aliphatic carbocycles. The van der Waals surface area contributed by atoms with Gasteiger partial charge in [-0.3, -0.25) is 5.01 Å². The van der Waals surface area contributed by atoms with Gasteiger partial charge in [0.2, 0.25) is 0 Å². The number of nitrogens with one attached hydrogen (secondary N) is 2. The molecule has 3 nitrogen and oxygen atoms in total. The zero-order chi connectivity index (χ0) is 12.2. The predicted octanol–water partition coefficient (Wildman–Crippen LogP) is 2.63. The summed E-state index contributed by atoms with van der Waals surface area (Å²) in [6.07, 6.45) is 4.72. The number of rotatable bonds is 6. The van der Waals surface area contributed by atoms with E-state index in [0.717, 1.165) is 18.1 Å². The van der Waals surface area contributed by atoms with Gasteiger partial charge in [0.15, 0.2) is 5.11 Å². The van der Waals surface area contributed by atoms with E-state index in [1.54, 1.807) is 0 Å². The maximum Gasteiger partial charge on any atom is 0.185 e. The van der Waals surface area contributed by atoms with Crippen molar-refractivity contribution in [3.63, 3.8) is 0 Å². The third-order valence-electron chi connectivity index (χ3n) is 2.97. The van der Waals surface area contributed by atoms with E-state index < -0.39 is 0 Å². The first-order valence-electron chi connectivity index (χ1n) is 6.34. The third-order valence-corrected chi connectivity index (χ3v) is 3.29. The second kappa shape index (κ2) is 5.82. The molecule has 94 valence electrons. The number of nitrogens with zero attached hydrogens (tertiary/aromatic N) is 1. The van der Waals surface area contributed by atoms with E-state index in [0.29, 0.717) is 5.92 Å². The maximum absolute atomic E-state index is 5.34. The van der Waals surface area contributed by atoms with Gasteiger partial charge in [-0.25, -0.2) is 5.43 Å². The van der Waals surface area contributed by atoms with Crippen molar-refractivity contribution >= 4 is 17.3 Å². The molecule has 1 heterocycles. The smallest absolute Gasteiger partial charge is 0.185 e. The molecule has 0 aromatic carbocycles. The Bertz CT molecular complexity index is 242. The molecule has 4 heteroatoms.